The van der Waals surface area contributed by atoms with E-state index in [1.54, 1.807) is 0 Å². The minimum atomic E-state index is -0.725. The smallest absolute Gasteiger partial charge is 0.253 e. The molecule has 2 aliphatic heterocycles. The molecule has 3 rings (SSSR count). The van der Waals surface area contributed by atoms with Gasteiger partial charge in [0, 0.05) is 12.1 Å². The molecule has 0 saturated carbocycles. The number of benzene rings is 1. The van der Waals surface area contributed by atoms with Crippen molar-refractivity contribution in [3.8, 4) is 0 Å². The summed E-state index contributed by atoms with van der Waals surface area (Å²) in [5.74, 6) is 0. The summed E-state index contributed by atoms with van der Waals surface area (Å²) >= 11 is 1.51. The molecule has 0 amide bonds. The molecule has 0 aliphatic carbocycles. The highest BCUT2D eigenvalue weighted by atomic mass is 32.2. The minimum absolute atomic E-state index is 0.620. The van der Waals surface area contributed by atoms with Crippen LogP contribution in [0.4, 0.5) is 0 Å². The fourth-order valence-corrected chi connectivity index (χ4v) is 3.02. The van der Waals surface area contributed by atoms with E-state index in [0.717, 1.165) is 23.8 Å². The third-order valence-corrected chi connectivity index (χ3v) is 3.88. The largest absolute Gasteiger partial charge is 0.363 e. The van der Waals surface area contributed by atoms with Gasteiger partial charge in [0.2, 0.25) is 0 Å². The first-order chi connectivity index (χ1) is 8.39. The van der Waals surface area contributed by atoms with Crippen molar-refractivity contribution in [1.29, 1.82) is 0 Å². The Bertz CT molecular complexity index is 416. The molecule has 4 nitrogen and oxygen atoms in total. The Morgan fingerprint density at radius 3 is 2.59 bits per heavy atom. The van der Waals surface area contributed by atoms with E-state index in [1.807, 2.05) is 30.3 Å². The zero-order valence-electron chi connectivity index (χ0n) is 9.39. The van der Waals surface area contributed by atoms with Crippen LogP contribution in [0.1, 0.15) is 5.56 Å². The fraction of sp³-hybridized carbons (Fsp3) is 0.417. The Hall–Kier alpha value is -1.04. The van der Waals surface area contributed by atoms with Crippen molar-refractivity contribution in [2.24, 2.45) is 4.99 Å². The molecule has 2 heterocycles. The van der Waals surface area contributed by atoms with Crippen molar-refractivity contribution < 1.29 is 9.47 Å². The van der Waals surface area contributed by atoms with E-state index in [4.69, 9.17) is 9.47 Å². The molecule has 0 bridgehead atoms. The van der Waals surface area contributed by atoms with Gasteiger partial charge in [-0.1, -0.05) is 30.3 Å². The Kier molecular flexibility index (Phi) is 3.05. The lowest BCUT2D eigenvalue weighted by atomic mass is 10.2. The van der Waals surface area contributed by atoms with E-state index in [1.165, 1.54) is 11.8 Å². The average molecular weight is 250 g/mol. The molecule has 2 aliphatic rings. The van der Waals surface area contributed by atoms with Crippen LogP contribution in [0.15, 0.2) is 35.3 Å². The number of ether oxygens (including phenoxy) is 2. The van der Waals surface area contributed by atoms with Crippen LogP contribution < -0.4 is 5.32 Å². The summed E-state index contributed by atoms with van der Waals surface area (Å²) in [6.45, 7) is 2.96. The molecule has 0 aromatic heterocycles. The molecule has 90 valence electrons. The molecule has 17 heavy (non-hydrogen) atoms. The van der Waals surface area contributed by atoms with Gasteiger partial charge in [0.25, 0.3) is 5.12 Å². The average Bonchev–Trinajstić information content (AvgIpc) is 3.03. The predicted molar refractivity (Wildman–Crippen MR) is 67.9 cm³/mol. The Balaban J connectivity index is 1.87. The summed E-state index contributed by atoms with van der Waals surface area (Å²) in [7, 11) is 0. The first kappa shape index (κ1) is 11.1. The third-order valence-electron chi connectivity index (χ3n) is 2.67. The van der Waals surface area contributed by atoms with Gasteiger partial charge < -0.3 is 14.8 Å². The number of nitrogens with zero attached hydrogens (tertiary/aromatic N) is 1. The second kappa shape index (κ2) is 4.68. The maximum Gasteiger partial charge on any atom is 0.253 e. The molecule has 5 heteroatoms. The highest BCUT2D eigenvalue weighted by Crippen LogP contribution is 2.42. The van der Waals surface area contributed by atoms with Gasteiger partial charge in [-0.05, 0) is 11.8 Å². The summed E-state index contributed by atoms with van der Waals surface area (Å²) < 4.78 is 11.6. The van der Waals surface area contributed by atoms with Crippen molar-refractivity contribution in [2.45, 2.75) is 5.12 Å². The normalized spacial score (nSPS) is 22.2. The topological polar surface area (TPSA) is 42.9 Å². The molecule has 1 aromatic carbocycles. The lowest BCUT2D eigenvalue weighted by Gasteiger charge is -2.26. The molecule has 1 fully saturated rings. The van der Waals surface area contributed by atoms with Crippen molar-refractivity contribution in [3.63, 3.8) is 0 Å². The Labute approximate surface area is 104 Å². The molecular weight excluding hydrogens is 236 g/mol. The maximum atomic E-state index is 5.81. The monoisotopic (exact) mass is 250 g/mol. The summed E-state index contributed by atoms with van der Waals surface area (Å²) in [6, 6.07) is 10.0. The minimum Gasteiger partial charge on any atom is -0.363 e. The van der Waals surface area contributed by atoms with E-state index in [0.29, 0.717) is 13.2 Å². The van der Waals surface area contributed by atoms with Crippen molar-refractivity contribution >= 4 is 16.9 Å². The molecule has 0 unspecified atom stereocenters. The quantitative estimate of drug-likeness (QED) is 0.864. The predicted octanol–water partition coefficient (Wildman–Crippen LogP) is 1.54. The molecule has 0 radical (unpaired) electrons. The van der Waals surface area contributed by atoms with Crippen LogP contribution in [-0.2, 0) is 14.6 Å². The van der Waals surface area contributed by atoms with E-state index in [9.17, 15) is 0 Å². The third kappa shape index (κ3) is 2.18. The lowest BCUT2D eigenvalue weighted by Crippen LogP contribution is -2.28. The zero-order chi connectivity index (χ0) is 11.6. The number of thioether (sulfide) groups is 1. The van der Waals surface area contributed by atoms with Crippen LogP contribution in [0.2, 0.25) is 0 Å². The number of rotatable bonds is 2. The highest BCUT2D eigenvalue weighted by molar-refractivity contribution is 8.14. The van der Waals surface area contributed by atoms with E-state index >= 15 is 0 Å². The molecule has 1 aromatic rings. The van der Waals surface area contributed by atoms with E-state index in [2.05, 4.69) is 10.3 Å². The van der Waals surface area contributed by atoms with Gasteiger partial charge >= 0.3 is 0 Å². The van der Waals surface area contributed by atoms with Crippen LogP contribution in [-0.4, -0.2) is 31.5 Å². The second-order valence-electron chi connectivity index (χ2n) is 3.83. The number of nitrogens with one attached hydrogen (secondary N) is 1. The van der Waals surface area contributed by atoms with Gasteiger partial charge in [-0.3, -0.25) is 4.99 Å². The molecule has 0 atom stereocenters. The number of hydrogen-bond acceptors (Lipinski definition) is 5. The summed E-state index contributed by atoms with van der Waals surface area (Å²) in [4.78, 5) is 4.38. The van der Waals surface area contributed by atoms with E-state index in [-0.39, 0.29) is 0 Å². The number of aliphatic imine (C=N–C) groups is 1. The summed E-state index contributed by atoms with van der Waals surface area (Å²) in [5, 5.41) is 3.41. The van der Waals surface area contributed by atoms with E-state index < -0.39 is 5.12 Å². The fourth-order valence-electron chi connectivity index (χ4n) is 1.89. The van der Waals surface area contributed by atoms with Crippen LogP contribution in [0.3, 0.4) is 0 Å². The molecule has 1 N–H and O–H groups in total. The molecule has 1 saturated heterocycles. The van der Waals surface area contributed by atoms with Gasteiger partial charge in [-0.25, -0.2) is 0 Å². The first-order valence-electron chi connectivity index (χ1n) is 5.70. The van der Waals surface area contributed by atoms with Gasteiger partial charge in [0.15, 0.2) is 5.17 Å². The maximum absolute atomic E-state index is 5.81. The number of hydrogen-bond donors (Lipinski definition) is 1. The Morgan fingerprint density at radius 1 is 1.18 bits per heavy atom. The van der Waals surface area contributed by atoms with Crippen LogP contribution in [0, 0.1) is 0 Å². The van der Waals surface area contributed by atoms with Gasteiger partial charge in [-0.2, -0.15) is 0 Å². The van der Waals surface area contributed by atoms with Crippen LogP contribution >= 0.6 is 11.8 Å². The van der Waals surface area contributed by atoms with Gasteiger partial charge in [0.1, 0.15) is 0 Å². The zero-order valence-corrected chi connectivity index (χ0v) is 10.2. The van der Waals surface area contributed by atoms with Gasteiger partial charge in [-0.15, -0.1) is 0 Å². The Morgan fingerprint density at radius 2 is 1.94 bits per heavy atom. The van der Waals surface area contributed by atoms with Crippen molar-refractivity contribution in [3.05, 3.63) is 35.9 Å². The van der Waals surface area contributed by atoms with Crippen LogP contribution in [0.25, 0.3) is 0 Å². The first-order valence-corrected chi connectivity index (χ1v) is 6.51. The SMILES string of the molecule is c1ccc(C2(SC3=NCCN3)OCCO2)cc1. The lowest BCUT2D eigenvalue weighted by molar-refractivity contribution is -0.0805. The summed E-state index contributed by atoms with van der Waals surface area (Å²) in [5.41, 5.74) is 1.03. The summed E-state index contributed by atoms with van der Waals surface area (Å²) in [6.07, 6.45) is 0. The van der Waals surface area contributed by atoms with Gasteiger partial charge in [0.05, 0.1) is 19.8 Å². The standard InChI is InChI=1S/C12H14N2O2S/c1-2-4-10(5-3-1)12(15-8-9-16-12)17-11-13-6-7-14-11/h1-5H,6-9H2,(H,13,14). The molecule has 0 spiro atoms. The van der Waals surface area contributed by atoms with Crippen molar-refractivity contribution in [1.82, 2.24) is 5.32 Å². The van der Waals surface area contributed by atoms with Crippen LogP contribution in [0.5, 0.6) is 0 Å². The molecular formula is C12H14N2O2S. The highest BCUT2D eigenvalue weighted by Gasteiger charge is 2.41. The number of amidine groups is 1. The second-order valence-corrected chi connectivity index (χ2v) is 4.96. The van der Waals surface area contributed by atoms with Crippen molar-refractivity contribution in [2.75, 3.05) is 26.3 Å².